The van der Waals surface area contributed by atoms with Crippen LogP contribution in [0.1, 0.15) is 99.7 Å². The van der Waals surface area contributed by atoms with E-state index < -0.39 is 6.29 Å². The molecule has 1 saturated heterocycles. The van der Waals surface area contributed by atoms with Gasteiger partial charge in [-0.15, -0.1) is 6.58 Å². The van der Waals surface area contributed by atoms with E-state index in [0.29, 0.717) is 35.9 Å². The molecule has 2 amide bonds. The lowest BCUT2D eigenvalue weighted by atomic mass is 9.99. The minimum atomic E-state index is -0.595. The summed E-state index contributed by atoms with van der Waals surface area (Å²) in [5, 5.41) is 15.5. The number of aliphatic hydroxyl groups is 1. The summed E-state index contributed by atoms with van der Waals surface area (Å²) in [4.78, 5) is 27.6. The number of unbranched alkanes of at least 4 members (excludes halogenated alkanes) is 3. The van der Waals surface area contributed by atoms with E-state index in [2.05, 4.69) is 22.1 Å². The molecule has 0 spiro atoms. The number of aliphatic hydroxyl groups excluding tert-OH is 1. The van der Waals surface area contributed by atoms with Gasteiger partial charge in [-0.3, -0.25) is 14.5 Å². The van der Waals surface area contributed by atoms with Gasteiger partial charge in [-0.05, 0) is 61.1 Å². The molecule has 1 aliphatic carbocycles. The maximum Gasteiger partial charge on any atom is 0.224 e. The van der Waals surface area contributed by atoms with Crippen molar-refractivity contribution in [1.82, 2.24) is 4.90 Å². The molecule has 3 atom stereocenters. The lowest BCUT2D eigenvalue weighted by Gasteiger charge is -2.39. The largest absolute Gasteiger partial charge is 0.397 e. The fourth-order valence-corrected chi connectivity index (χ4v) is 6.84. The summed E-state index contributed by atoms with van der Waals surface area (Å²) in [6.07, 6.45) is 10.9. The molecule has 9 heteroatoms. The zero-order valence-corrected chi connectivity index (χ0v) is 28.5. The predicted molar refractivity (Wildman–Crippen MR) is 195 cm³/mol. The van der Waals surface area contributed by atoms with Gasteiger partial charge in [-0.2, -0.15) is 0 Å². The molecule has 262 valence electrons. The number of rotatable bonds is 17. The summed E-state index contributed by atoms with van der Waals surface area (Å²) in [5.41, 5.74) is 10.6. The topological polar surface area (TPSA) is 126 Å². The number of benzene rings is 3. The number of nitrogen functional groups attached to an aromatic ring is 1. The number of carbonyl (C=O) groups excluding carboxylic acids is 2. The van der Waals surface area contributed by atoms with Crippen molar-refractivity contribution >= 4 is 28.9 Å². The van der Waals surface area contributed by atoms with Gasteiger partial charge in [-0.25, -0.2) is 0 Å². The summed E-state index contributed by atoms with van der Waals surface area (Å²) in [5.74, 6) is -0.0992. The summed E-state index contributed by atoms with van der Waals surface area (Å²) >= 11 is 0. The van der Waals surface area contributed by atoms with E-state index in [4.69, 9.17) is 15.2 Å². The van der Waals surface area contributed by atoms with Crippen LogP contribution in [0.3, 0.4) is 0 Å². The van der Waals surface area contributed by atoms with Gasteiger partial charge >= 0.3 is 0 Å². The van der Waals surface area contributed by atoms with Gasteiger partial charge in [0.25, 0.3) is 0 Å². The number of nitrogens with one attached hydrogen (secondary N) is 2. The molecule has 2 aliphatic rings. The minimum absolute atomic E-state index is 0.000747. The van der Waals surface area contributed by atoms with Gasteiger partial charge in [0.15, 0.2) is 6.29 Å². The van der Waals surface area contributed by atoms with Crippen molar-refractivity contribution in [2.45, 2.75) is 102 Å². The standard InChI is InChI=1S/C40H52N4O5/c1-2-24-44(33-14-7-8-15-33)27-34-26-37(30-22-20-29(28-45)21-23-30)49-40(48-34)31-12-11-13-32(25-31)42-38(46)18-5-3-4-6-19-39(47)43-36-17-10-9-16-35(36)41/h2,9-13,16-17,20-23,25,33-34,37,40,45H,1,3-8,14-15,18-19,24,26-28,41H2,(H,42,46)(H,43,47). The van der Waals surface area contributed by atoms with Crippen molar-refractivity contribution in [3.8, 4) is 0 Å². The zero-order chi connectivity index (χ0) is 34.4. The van der Waals surface area contributed by atoms with Gasteiger partial charge in [0.05, 0.1) is 30.2 Å². The van der Waals surface area contributed by atoms with Crippen LogP contribution >= 0.6 is 0 Å². The smallest absolute Gasteiger partial charge is 0.224 e. The Morgan fingerprint density at radius 2 is 1.59 bits per heavy atom. The molecular formula is C40H52N4O5. The van der Waals surface area contributed by atoms with Crippen LogP contribution in [0.15, 0.2) is 85.5 Å². The summed E-state index contributed by atoms with van der Waals surface area (Å²) in [6, 6.07) is 23.4. The summed E-state index contributed by atoms with van der Waals surface area (Å²) in [6.45, 7) is 5.64. The average molecular weight is 669 g/mol. The van der Waals surface area contributed by atoms with E-state index in [0.717, 1.165) is 61.9 Å². The van der Waals surface area contributed by atoms with Gasteiger partial charge in [-0.1, -0.05) is 80.3 Å². The van der Waals surface area contributed by atoms with E-state index in [1.807, 2.05) is 66.7 Å². The molecule has 0 aromatic heterocycles. The molecule has 5 rings (SSSR count). The van der Waals surface area contributed by atoms with Crippen LogP contribution < -0.4 is 16.4 Å². The third kappa shape index (κ3) is 11.0. The van der Waals surface area contributed by atoms with Crippen LogP contribution in [0.4, 0.5) is 17.1 Å². The molecule has 5 N–H and O–H groups in total. The Morgan fingerprint density at radius 1 is 0.878 bits per heavy atom. The highest BCUT2D eigenvalue weighted by atomic mass is 16.7. The maximum atomic E-state index is 12.8. The van der Waals surface area contributed by atoms with E-state index in [-0.39, 0.29) is 30.6 Å². The quantitative estimate of drug-likeness (QED) is 0.0661. The number of ether oxygens (including phenoxy) is 2. The van der Waals surface area contributed by atoms with Crippen LogP contribution in [0.5, 0.6) is 0 Å². The van der Waals surface area contributed by atoms with Crippen LogP contribution in [0, 0.1) is 0 Å². The number of para-hydroxylation sites is 2. The first kappa shape index (κ1) is 36.3. The second kappa shape index (κ2) is 18.7. The predicted octanol–water partition coefficient (Wildman–Crippen LogP) is 7.65. The fraction of sp³-hybridized carbons (Fsp3) is 0.450. The third-order valence-electron chi connectivity index (χ3n) is 9.49. The number of hydrogen-bond acceptors (Lipinski definition) is 7. The van der Waals surface area contributed by atoms with E-state index >= 15 is 0 Å². The molecule has 0 bridgehead atoms. The number of nitrogens with two attached hydrogens (primary N) is 1. The monoisotopic (exact) mass is 668 g/mol. The Bertz CT molecular complexity index is 1510. The highest BCUT2D eigenvalue weighted by molar-refractivity contribution is 5.93. The molecule has 1 heterocycles. The van der Waals surface area contributed by atoms with Crippen molar-refractivity contribution in [3.63, 3.8) is 0 Å². The molecule has 9 nitrogen and oxygen atoms in total. The molecule has 49 heavy (non-hydrogen) atoms. The molecule has 3 aromatic rings. The van der Waals surface area contributed by atoms with Gasteiger partial charge in [0.2, 0.25) is 11.8 Å². The second-order valence-corrected chi connectivity index (χ2v) is 13.3. The first-order valence-corrected chi connectivity index (χ1v) is 17.8. The van der Waals surface area contributed by atoms with Crippen molar-refractivity contribution in [3.05, 3.63) is 102 Å². The van der Waals surface area contributed by atoms with Crippen LogP contribution in [0.25, 0.3) is 0 Å². The molecule has 0 radical (unpaired) electrons. The minimum Gasteiger partial charge on any atom is -0.397 e. The highest BCUT2D eigenvalue weighted by Crippen LogP contribution is 2.39. The van der Waals surface area contributed by atoms with E-state index in [1.54, 1.807) is 12.1 Å². The Labute approximate surface area is 290 Å². The van der Waals surface area contributed by atoms with Crippen LogP contribution in [-0.4, -0.2) is 47.1 Å². The zero-order valence-electron chi connectivity index (χ0n) is 28.5. The van der Waals surface area contributed by atoms with Gasteiger partial charge in [0.1, 0.15) is 0 Å². The number of anilines is 3. The number of carbonyl (C=O) groups is 2. The first-order chi connectivity index (χ1) is 23.9. The normalized spacial score (nSPS) is 19.5. The molecular weight excluding hydrogens is 616 g/mol. The van der Waals surface area contributed by atoms with E-state index in [1.165, 1.54) is 25.7 Å². The molecule has 1 saturated carbocycles. The van der Waals surface area contributed by atoms with Gasteiger partial charge < -0.3 is 30.9 Å². The summed E-state index contributed by atoms with van der Waals surface area (Å²) < 4.78 is 13.2. The Hall–Kier alpha value is -4.02. The van der Waals surface area contributed by atoms with Crippen molar-refractivity contribution in [2.75, 3.05) is 29.5 Å². The SMILES string of the molecule is C=CCN(CC1CC(c2ccc(CO)cc2)OC(c2cccc(NC(=O)CCCCCCC(=O)Nc3ccccc3N)c2)O1)C1CCCC1. The average Bonchev–Trinajstić information content (AvgIpc) is 3.66. The molecule has 3 aromatic carbocycles. The Morgan fingerprint density at radius 3 is 2.29 bits per heavy atom. The third-order valence-corrected chi connectivity index (χ3v) is 9.49. The summed E-state index contributed by atoms with van der Waals surface area (Å²) in [7, 11) is 0. The van der Waals surface area contributed by atoms with Crippen molar-refractivity contribution in [2.24, 2.45) is 0 Å². The number of amides is 2. The second-order valence-electron chi connectivity index (χ2n) is 13.3. The van der Waals surface area contributed by atoms with Crippen LogP contribution in [-0.2, 0) is 25.7 Å². The van der Waals surface area contributed by atoms with Crippen molar-refractivity contribution in [1.29, 1.82) is 0 Å². The molecule has 1 aliphatic heterocycles. The number of nitrogens with zero attached hydrogens (tertiary/aromatic N) is 1. The van der Waals surface area contributed by atoms with E-state index in [9.17, 15) is 14.7 Å². The maximum absolute atomic E-state index is 12.8. The van der Waals surface area contributed by atoms with Gasteiger partial charge in [0, 0.05) is 49.6 Å². The Balaban J connectivity index is 1.14. The Kier molecular flexibility index (Phi) is 13.8. The lowest BCUT2D eigenvalue weighted by molar-refractivity contribution is -0.253. The molecule has 2 fully saturated rings. The first-order valence-electron chi connectivity index (χ1n) is 17.8. The van der Waals surface area contributed by atoms with Crippen LogP contribution in [0.2, 0.25) is 0 Å². The van der Waals surface area contributed by atoms with Crippen molar-refractivity contribution < 1.29 is 24.2 Å². The highest BCUT2D eigenvalue weighted by Gasteiger charge is 2.34. The number of hydrogen-bond donors (Lipinski definition) is 4. The lowest BCUT2D eigenvalue weighted by Crippen LogP contribution is -2.43. The fourth-order valence-electron chi connectivity index (χ4n) is 6.84. The molecule has 3 unspecified atom stereocenters.